The molecule has 5 nitrogen and oxygen atoms in total. The molecule has 9 aromatic carbocycles. The smallest absolute Gasteiger partial charge is 0.235 e. The lowest BCUT2D eigenvalue weighted by molar-refractivity contribution is 1.02. The molecule has 0 aliphatic heterocycles. The highest BCUT2D eigenvalue weighted by Crippen LogP contribution is 2.45. The molecule has 0 N–H and O–H groups in total. The fourth-order valence-electron chi connectivity index (χ4n) is 8.92. The Morgan fingerprint density at radius 3 is 1.66 bits per heavy atom. The quantitative estimate of drug-likeness (QED) is 0.171. The van der Waals surface area contributed by atoms with E-state index in [-0.39, 0.29) is 0 Å². The van der Waals surface area contributed by atoms with E-state index < -0.39 is 0 Å². The van der Waals surface area contributed by atoms with Crippen molar-refractivity contribution in [3.8, 4) is 34.3 Å². The molecule has 0 bridgehead atoms. The zero-order valence-corrected chi connectivity index (χ0v) is 30.1. The number of aromatic nitrogens is 5. The molecule has 0 radical (unpaired) electrons. The maximum absolute atomic E-state index is 5.51. The van der Waals surface area contributed by atoms with Crippen molar-refractivity contribution in [3.05, 3.63) is 188 Å². The molecule has 12 aromatic rings. The summed E-state index contributed by atoms with van der Waals surface area (Å²) in [5.41, 5.74) is 9.24. The molecule has 5 heteroatoms. The second kappa shape index (κ2) is 11.9. The van der Waals surface area contributed by atoms with Crippen molar-refractivity contribution >= 4 is 76.1 Å². The van der Waals surface area contributed by atoms with Crippen LogP contribution in [0.15, 0.2) is 188 Å². The molecule has 56 heavy (non-hydrogen) atoms. The van der Waals surface area contributed by atoms with Gasteiger partial charge in [-0.3, -0.25) is 9.13 Å². The first-order valence-corrected chi connectivity index (χ1v) is 19.0. The van der Waals surface area contributed by atoms with Gasteiger partial charge in [0.1, 0.15) is 5.82 Å². The Morgan fingerprint density at radius 2 is 0.893 bits per heavy atom. The molecule has 0 saturated carbocycles. The molecule has 0 fully saturated rings. The Labute approximate surface area is 321 Å². The van der Waals surface area contributed by atoms with Crippen LogP contribution in [0.3, 0.4) is 0 Å². The van der Waals surface area contributed by atoms with E-state index in [0.29, 0.717) is 5.95 Å². The minimum Gasteiger partial charge on any atom is -0.292 e. The Kier molecular flexibility index (Phi) is 6.56. The fourth-order valence-corrected chi connectivity index (χ4v) is 8.92. The van der Waals surface area contributed by atoms with Crippen LogP contribution in [0.25, 0.3) is 110 Å². The van der Waals surface area contributed by atoms with Crippen molar-refractivity contribution < 1.29 is 0 Å². The molecule has 0 spiro atoms. The van der Waals surface area contributed by atoms with Gasteiger partial charge in [0.2, 0.25) is 5.95 Å². The molecule has 0 atom stereocenters. The van der Waals surface area contributed by atoms with Crippen LogP contribution in [0.4, 0.5) is 0 Å². The van der Waals surface area contributed by atoms with Crippen LogP contribution < -0.4 is 0 Å². The number of fused-ring (bicyclic) bond motifs is 13. The number of benzene rings is 9. The van der Waals surface area contributed by atoms with E-state index in [9.17, 15) is 0 Å². The van der Waals surface area contributed by atoms with E-state index in [0.717, 1.165) is 99.0 Å². The average molecular weight is 714 g/mol. The van der Waals surface area contributed by atoms with E-state index in [2.05, 4.69) is 191 Å². The second-order valence-corrected chi connectivity index (χ2v) is 14.4. The van der Waals surface area contributed by atoms with E-state index in [1.54, 1.807) is 0 Å². The molecule has 260 valence electrons. The van der Waals surface area contributed by atoms with Crippen molar-refractivity contribution in [1.82, 2.24) is 24.1 Å². The second-order valence-electron chi connectivity index (χ2n) is 14.4. The lowest BCUT2D eigenvalue weighted by Gasteiger charge is -2.15. The van der Waals surface area contributed by atoms with Gasteiger partial charge in [0.05, 0.1) is 33.3 Å². The third kappa shape index (κ3) is 4.39. The first-order valence-electron chi connectivity index (χ1n) is 19.0. The molecular formula is C51H31N5. The summed E-state index contributed by atoms with van der Waals surface area (Å²) in [5, 5.41) is 10.3. The van der Waals surface area contributed by atoms with Gasteiger partial charge < -0.3 is 0 Å². The maximum Gasteiger partial charge on any atom is 0.235 e. The lowest BCUT2D eigenvalue weighted by atomic mass is 9.92. The molecule has 3 heterocycles. The number of hydrogen-bond acceptors (Lipinski definition) is 3. The molecule has 0 aliphatic carbocycles. The van der Waals surface area contributed by atoms with Crippen molar-refractivity contribution in [2.45, 2.75) is 0 Å². The summed E-state index contributed by atoms with van der Waals surface area (Å²) in [7, 11) is 0. The minimum atomic E-state index is 0.648. The molecule has 0 amide bonds. The van der Waals surface area contributed by atoms with Gasteiger partial charge in [-0.25, -0.2) is 15.0 Å². The number of rotatable bonds is 4. The molecular weight excluding hydrogens is 683 g/mol. The van der Waals surface area contributed by atoms with Crippen LogP contribution in [0.5, 0.6) is 0 Å². The Morgan fingerprint density at radius 1 is 0.339 bits per heavy atom. The summed E-state index contributed by atoms with van der Waals surface area (Å²) in [4.78, 5) is 16.2. The molecule has 0 aliphatic rings. The third-order valence-electron chi connectivity index (χ3n) is 11.3. The number of para-hydroxylation sites is 3. The van der Waals surface area contributed by atoms with Gasteiger partial charge in [0.25, 0.3) is 0 Å². The highest BCUT2D eigenvalue weighted by atomic mass is 15.2. The van der Waals surface area contributed by atoms with Crippen molar-refractivity contribution in [1.29, 1.82) is 0 Å². The van der Waals surface area contributed by atoms with Crippen molar-refractivity contribution in [3.63, 3.8) is 0 Å². The van der Waals surface area contributed by atoms with Crippen LogP contribution in [0.2, 0.25) is 0 Å². The van der Waals surface area contributed by atoms with E-state index in [4.69, 9.17) is 15.0 Å². The van der Waals surface area contributed by atoms with Gasteiger partial charge in [-0.05, 0) is 51.9 Å². The van der Waals surface area contributed by atoms with E-state index >= 15 is 0 Å². The predicted molar refractivity (Wildman–Crippen MR) is 232 cm³/mol. The van der Waals surface area contributed by atoms with Crippen molar-refractivity contribution in [2.75, 3.05) is 0 Å². The molecule has 0 saturated heterocycles. The lowest BCUT2D eigenvalue weighted by Crippen LogP contribution is -2.04. The number of hydrogen-bond donors (Lipinski definition) is 0. The Balaban J connectivity index is 1.25. The third-order valence-corrected chi connectivity index (χ3v) is 11.3. The molecule has 12 rings (SSSR count). The SMILES string of the molecule is c1ccc(-c2nc(-n3c4ccccc4c4ccc5c6ccc7c(nc(-c8ccccc8)n7-c7ccccc7)c6c6ccccc6c5c43)nc3ccccc23)cc1. The fraction of sp³-hybridized carbons (Fsp3) is 0. The number of nitrogens with zero attached hydrogens (tertiary/aromatic N) is 5. The Bertz CT molecular complexity index is 3490. The van der Waals surface area contributed by atoms with Crippen LogP contribution in [0, 0.1) is 0 Å². The summed E-state index contributed by atoms with van der Waals surface area (Å²) >= 11 is 0. The van der Waals surface area contributed by atoms with Gasteiger partial charge in [-0.2, -0.15) is 0 Å². The molecule has 3 aromatic heterocycles. The average Bonchev–Trinajstić information content (AvgIpc) is 3.83. The molecule has 0 unspecified atom stereocenters. The highest BCUT2D eigenvalue weighted by Gasteiger charge is 2.24. The van der Waals surface area contributed by atoms with Crippen LogP contribution >= 0.6 is 0 Å². The van der Waals surface area contributed by atoms with Crippen LogP contribution in [-0.4, -0.2) is 24.1 Å². The van der Waals surface area contributed by atoms with Crippen molar-refractivity contribution in [2.24, 2.45) is 0 Å². The van der Waals surface area contributed by atoms with Gasteiger partial charge in [0.15, 0.2) is 0 Å². The van der Waals surface area contributed by atoms with E-state index in [1.807, 2.05) is 6.07 Å². The predicted octanol–water partition coefficient (Wildman–Crippen LogP) is 12.9. The zero-order chi connectivity index (χ0) is 36.7. The van der Waals surface area contributed by atoms with Gasteiger partial charge in [0, 0.05) is 43.7 Å². The normalized spacial score (nSPS) is 11.9. The maximum atomic E-state index is 5.51. The summed E-state index contributed by atoms with van der Waals surface area (Å²) in [6.45, 7) is 0. The standard InChI is InChI=1S/C51H31N5/c1-4-16-32(17-5-1)47-41-25-12-14-26-42(41)52-51(54-47)56-43-27-15-13-22-35(43)40-29-28-39-38-30-31-44-48(45(38)36-23-10-11-24-37(36)46(39)49(40)56)53-50(33-18-6-2-7-19-33)55(44)34-20-8-3-9-21-34/h1-31H. The number of imidazole rings is 1. The first kappa shape index (κ1) is 30.8. The Hall–Kier alpha value is -7.63. The minimum absolute atomic E-state index is 0.648. The van der Waals surface area contributed by atoms with Crippen LogP contribution in [0.1, 0.15) is 0 Å². The van der Waals surface area contributed by atoms with Gasteiger partial charge in [-0.1, -0.05) is 158 Å². The summed E-state index contributed by atoms with van der Waals surface area (Å²) in [5.74, 6) is 1.57. The summed E-state index contributed by atoms with van der Waals surface area (Å²) in [6.07, 6.45) is 0. The van der Waals surface area contributed by atoms with Gasteiger partial charge in [-0.15, -0.1) is 0 Å². The monoisotopic (exact) mass is 713 g/mol. The zero-order valence-electron chi connectivity index (χ0n) is 30.1. The summed E-state index contributed by atoms with van der Waals surface area (Å²) in [6, 6.07) is 66.4. The first-order chi connectivity index (χ1) is 27.8. The summed E-state index contributed by atoms with van der Waals surface area (Å²) < 4.78 is 4.59. The van der Waals surface area contributed by atoms with E-state index in [1.165, 1.54) is 5.39 Å². The topological polar surface area (TPSA) is 48.5 Å². The largest absolute Gasteiger partial charge is 0.292 e. The highest BCUT2D eigenvalue weighted by molar-refractivity contribution is 6.36. The van der Waals surface area contributed by atoms with Crippen LogP contribution in [-0.2, 0) is 0 Å². The van der Waals surface area contributed by atoms with Gasteiger partial charge >= 0.3 is 0 Å².